The van der Waals surface area contributed by atoms with Gasteiger partial charge in [0.2, 0.25) is 0 Å². The van der Waals surface area contributed by atoms with Crippen LogP contribution in [0.15, 0.2) is 54.6 Å². The van der Waals surface area contributed by atoms with Crippen LogP contribution in [-0.4, -0.2) is 27.5 Å². The Hall–Kier alpha value is -1.85. The number of esters is 1. The molecule has 23 heavy (non-hydrogen) atoms. The second-order valence-corrected chi connectivity index (χ2v) is 6.89. The minimum absolute atomic E-state index is 0.228. The zero-order valence-corrected chi connectivity index (χ0v) is 14.2. The first kappa shape index (κ1) is 16.0. The smallest absolute Gasteiger partial charge is 0.321 e. The van der Waals surface area contributed by atoms with Crippen LogP contribution in [0.1, 0.15) is 11.1 Å². The summed E-state index contributed by atoms with van der Waals surface area (Å²) in [4.78, 5) is 14.0. The summed E-state index contributed by atoms with van der Waals surface area (Å²) in [6, 6.07) is 17.5. The van der Waals surface area contributed by atoms with Crippen LogP contribution >= 0.6 is 24.0 Å². The average Bonchev–Trinajstić information content (AvgIpc) is 2.60. The van der Waals surface area contributed by atoms with Crippen LogP contribution in [0.25, 0.3) is 0 Å². The molecule has 0 unspecified atom stereocenters. The van der Waals surface area contributed by atoms with Gasteiger partial charge in [0.25, 0.3) is 0 Å². The average molecular weight is 343 g/mol. The highest BCUT2D eigenvalue weighted by Crippen LogP contribution is 2.22. The van der Waals surface area contributed by atoms with Gasteiger partial charge in [-0.25, -0.2) is 0 Å². The van der Waals surface area contributed by atoms with Gasteiger partial charge in [0, 0.05) is 13.1 Å². The molecule has 2 aromatic rings. The number of ether oxygens (including phenoxy) is 1. The lowest BCUT2D eigenvalue weighted by molar-refractivity contribution is -0.131. The molecule has 5 heteroatoms. The van der Waals surface area contributed by atoms with E-state index < -0.39 is 0 Å². The fraction of sp³-hybridized carbons (Fsp3) is 0.222. The van der Waals surface area contributed by atoms with Gasteiger partial charge in [-0.2, -0.15) is 0 Å². The normalized spacial score (nSPS) is 13.3. The van der Waals surface area contributed by atoms with Gasteiger partial charge in [0.05, 0.1) is 5.75 Å². The summed E-state index contributed by atoms with van der Waals surface area (Å²) in [5.41, 5.74) is 2.70. The Bertz CT molecular complexity index is 703. The van der Waals surface area contributed by atoms with Crippen molar-refractivity contribution in [2.45, 2.75) is 13.0 Å². The summed E-state index contributed by atoms with van der Waals surface area (Å²) in [6.45, 7) is 1.71. The summed E-state index contributed by atoms with van der Waals surface area (Å²) in [7, 11) is 0. The first-order valence-corrected chi connectivity index (χ1v) is 8.86. The van der Waals surface area contributed by atoms with Crippen LogP contribution in [0, 0.1) is 0 Å². The third-order valence-corrected chi connectivity index (χ3v) is 5.17. The molecule has 0 radical (unpaired) electrons. The zero-order chi connectivity index (χ0) is 16.1. The van der Waals surface area contributed by atoms with Crippen LogP contribution in [0.3, 0.4) is 0 Å². The van der Waals surface area contributed by atoms with Crippen molar-refractivity contribution in [1.82, 2.24) is 4.90 Å². The molecule has 0 amide bonds. The molecule has 3 nitrogen and oxygen atoms in total. The molecule has 118 valence electrons. The number of hydrogen-bond acceptors (Lipinski definition) is 4. The number of nitrogens with zero attached hydrogens (tertiary/aromatic N) is 1. The van der Waals surface area contributed by atoms with E-state index in [-0.39, 0.29) is 11.7 Å². The lowest BCUT2D eigenvalue weighted by Gasteiger charge is -2.30. The Labute approximate surface area is 145 Å². The number of carbonyl (C=O) groups is 1. The van der Waals surface area contributed by atoms with Gasteiger partial charge in [-0.3, -0.25) is 4.79 Å². The Morgan fingerprint density at radius 1 is 1.09 bits per heavy atom. The van der Waals surface area contributed by atoms with Crippen LogP contribution in [0.4, 0.5) is 0 Å². The minimum atomic E-state index is -0.277. The van der Waals surface area contributed by atoms with Crippen molar-refractivity contribution in [2.75, 3.05) is 12.3 Å². The van der Waals surface area contributed by atoms with Gasteiger partial charge in [0.15, 0.2) is 0 Å². The van der Waals surface area contributed by atoms with E-state index in [0.717, 1.165) is 23.8 Å². The highest BCUT2D eigenvalue weighted by atomic mass is 32.2. The van der Waals surface area contributed by atoms with Gasteiger partial charge in [-0.05, 0) is 29.7 Å². The Balaban J connectivity index is 1.49. The molecule has 0 aromatic heterocycles. The van der Waals surface area contributed by atoms with E-state index in [4.69, 9.17) is 17.0 Å². The maximum absolute atomic E-state index is 11.9. The zero-order valence-electron chi connectivity index (χ0n) is 12.6. The molecule has 1 aliphatic rings. The van der Waals surface area contributed by atoms with E-state index in [1.54, 1.807) is 12.1 Å². The van der Waals surface area contributed by atoms with E-state index >= 15 is 0 Å². The third kappa shape index (κ3) is 4.33. The molecule has 3 rings (SSSR count). The molecule has 0 N–H and O–H groups in total. The SMILES string of the molecule is O=C(CSC(=S)N1CCc2ccccc2C1)Oc1ccccc1. The first-order valence-electron chi connectivity index (χ1n) is 7.46. The minimum Gasteiger partial charge on any atom is -0.426 e. The number of thioether (sulfide) groups is 1. The lowest BCUT2D eigenvalue weighted by Crippen LogP contribution is -2.33. The van der Waals surface area contributed by atoms with Gasteiger partial charge in [-0.15, -0.1) is 0 Å². The summed E-state index contributed by atoms with van der Waals surface area (Å²) >= 11 is 6.83. The Kier molecular flexibility index (Phi) is 5.31. The van der Waals surface area contributed by atoms with Gasteiger partial charge < -0.3 is 9.64 Å². The van der Waals surface area contributed by atoms with Crippen LogP contribution in [0.2, 0.25) is 0 Å². The quantitative estimate of drug-likeness (QED) is 0.482. The second-order valence-electron chi connectivity index (χ2n) is 5.28. The molecular formula is C18H17NO2S2. The molecular weight excluding hydrogens is 326 g/mol. The van der Waals surface area contributed by atoms with E-state index in [0.29, 0.717) is 5.75 Å². The predicted octanol–water partition coefficient (Wildman–Crippen LogP) is 3.67. The molecule has 0 saturated heterocycles. The van der Waals surface area contributed by atoms with Crippen molar-refractivity contribution in [3.05, 3.63) is 65.7 Å². The Morgan fingerprint density at radius 2 is 1.78 bits per heavy atom. The molecule has 2 aromatic carbocycles. The molecule has 1 aliphatic heterocycles. The van der Waals surface area contributed by atoms with Gasteiger partial charge in [0.1, 0.15) is 10.1 Å². The van der Waals surface area contributed by atoms with E-state index in [9.17, 15) is 4.79 Å². The van der Waals surface area contributed by atoms with Crippen molar-refractivity contribution in [3.63, 3.8) is 0 Å². The summed E-state index contributed by atoms with van der Waals surface area (Å²) in [5.74, 6) is 0.517. The Morgan fingerprint density at radius 3 is 2.57 bits per heavy atom. The van der Waals surface area contributed by atoms with Crippen molar-refractivity contribution in [3.8, 4) is 5.75 Å². The number of para-hydroxylation sites is 1. The molecule has 0 spiro atoms. The summed E-state index contributed by atoms with van der Waals surface area (Å²) < 4.78 is 6.02. The highest BCUT2D eigenvalue weighted by molar-refractivity contribution is 8.23. The van der Waals surface area contributed by atoms with Crippen molar-refractivity contribution in [2.24, 2.45) is 0 Å². The maximum atomic E-state index is 11.9. The van der Waals surface area contributed by atoms with Crippen molar-refractivity contribution >= 4 is 34.3 Å². The number of hydrogen-bond donors (Lipinski definition) is 0. The number of benzene rings is 2. The summed E-state index contributed by atoms with van der Waals surface area (Å²) in [5, 5.41) is 0. The number of rotatable bonds is 3. The van der Waals surface area contributed by atoms with E-state index in [1.165, 1.54) is 22.9 Å². The topological polar surface area (TPSA) is 29.5 Å². The number of fused-ring (bicyclic) bond motifs is 1. The standard InChI is InChI=1S/C18H17NO2S2/c20-17(21-16-8-2-1-3-9-16)13-23-18(22)19-11-10-14-6-4-5-7-15(14)12-19/h1-9H,10-13H2. The molecule has 0 bridgehead atoms. The van der Waals surface area contributed by atoms with Gasteiger partial charge >= 0.3 is 5.97 Å². The fourth-order valence-electron chi connectivity index (χ4n) is 2.51. The molecule has 1 heterocycles. The van der Waals surface area contributed by atoms with Gasteiger partial charge in [-0.1, -0.05) is 66.4 Å². The molecule has 0 fully saturated rings. The highest BCUT2D eigenvalue weighted by Gasteiger charge is 2.19. The van der Waals surface area contributed by atoms with Crippen LogP contribution in [-0.2, 0) is 17.8 Å². The lowest BCUT2D eigenvalue weighted by atomic mass is 10.0. The largest absolute Gasteiger partial charge is 0.426 e. The van der Waals surface area contributed by atoms with Crippen LogP contribution < -0.4 is 4.74 Å². The monoisotopic (exact) mass is 343 g/mol. The molecule has 0 aliphatic carbocycles. The van der Waals surface area contributed by atoms with E-state index in [2.05, 4.69) is 29.2 Å². The maximum Gasteiger partial charge on any atom is 0.321 e. The molecule has 0 saturated carbocycles. The van der Waals surface area contributed by atoms with Crippen molar-refractivity contribution in [1.29, 1.82) is 0 Å². The van der Waals surface area contributed by atoms with Crippen LogP contribution in [0.5, 0.6) is 5.75 Å². The fourth-order valence-corrected chi connectivity index (χ4v) is 3.48. The second kappa shape index (κ2) is 7.62. The predicted molar refractivity (Wildman–Crippen MR) is 97.7 cm³/mol. The van der Waals surface area contributed by atoms with E-state index in [1.807, 2.05) is 18.2 Å². The summed E-state index contributed by atoms with van der Waals surface area (Å²) in [6.07, 6.45) is 0.991. The number of thiocarbonyl (C=S) groups is 1. The van der Waals surface area contributed by atoms with Crippen molar-refractivity contribution < 1.29 is 9.53 Å². The number of carbonyl (C=O) groups excluding carboxylic acids is 1. The first-order chi connectivity index (χ1) is 11.2. The third-order valence-electron chi connectivity index (χ3n) is 3.68. The molecule has 0 atom stereocenters.